The van der Waals surface area contributed by atoms with E-state index >= 15 is 0 Å². The summed E-state index contributed by atoms with van der Waals surface area (Å²) in [6.07, 6.45) is 0.488. The number of hydrogen-bond acceptors (Lipinski definition) is 6. The molecule has 0 aliphatic heterocycles. The van der Waals surface area contributed by atoms with Gasteiger partial charge in [-0.2, -0.15) is 0 Å². The predicted octanol–water partition coefficient (Wildman–Crippen LogP) is -0.846. The van der Waals surface area contributed by atoms with Gasteiger partial charge in [-0.15, -0.1) is 0 Å². The Kier molecular flexibility index (Phi) is 10.6. The van der Waals surface area contributed by atoms with Crippen LogP contribution in [0, 0.1) is 5.92 Å². The minimum Gasteiger partial charge on any atom is -0.480 e. The van der Waals surface area contributed by atoms with Gasteiger partial charge in [0.1, 0.15) is 18.1 Å². The topological polar surface area (TPSA) is 171 Å². The van der Waals surface area contributed by atoms with Crippen molar-refractivity contribution in [1.29, 1.82) is 0 Å². The number of hydrogen-bond donors (Lipinski definition) is 6. The van der Waals surface area contributed by atoms with E-state index in [2.05, 4.69) is 16.0 Å². The van der Waals surface area contributed by atoms with Crippen LogP contribution in [0.5, 0.6) is 0 Å². The van der Waals surface area contributed by atoms with Gasteiger partial charge in [-0.25, -0.2) is 0 Å². The molecule has 10 heteroatoms. The molecule has 0 spiro atoms. The van der Waals surface area contributed by atoms with E-state index in [4.69, 9.17) is 10.8 Å². The number of carbonyl (C=O) groups excluding carboxylic acids is 3. The van der Waals surface area contributed by atoms with Gasteiger partial charge in [0.05, 0.1) is 12.6 Å². The Balaban J connectivity index is 2.91. The summed E-state index contributed by atoms with van der Waals surface area (Å²) < 4.78 is 0. The van der Waals surface area contributed by atoms with Crippen LogP contribution in [0.15, 0.2) is 30.3 Å². The Morgan fingerprint density at radius 2 is 1.45 bits per heavy atom. The lowest BCUT2D eigenvalue weighted by Crippen LogP contribution is -2.58. The van der Waals surface area contributed by atoms with Crippen molar-refractivity contribution in [3.05, 3.63) is 35.9 Å². The summed E-state index contributed by atoms with van der Waals surface area (Å²) in [6.45, 7) is 4.40. The fourth-order valence-corrected chi connectivity index (χ4v) is 2.79. The second-order valence-electron chi connectivity index (χ2n) is 7.80. The molecule has 0 bridgehead atoms. The van der Waals surface area contributed by atoms with Crippen molar-refractivity contribution in [3.63, 3.8) is 0 Å². The maximum atomic E-state index is 12.7. The lowest BCUT2D eigenvalue weighted by Gasteiger charge is -2.24. The molecule has 0 aliphatic carbocycles. The number of carboxylic acid groups (broad SMARTS) is 1. The largest absolute Gasteiger partial charge is 0.480 e. The van der Waals surface area contributed by atoms with E-state index in [0.29, 0.717) is 6.42 Å². The monoisotopic (exact) mass is 436 g/mol. The minimum atomic E-state index is -1.31. The molecule has 4 unspecified atom stereocenters. The van der Waals surface area contributed by atoms with Gasteiger partial charge in [0.2, 0.25) is 17.7 Å². The molecule has 31 heavy (non-hydrogen) atoms. The molecule has 1 rings (SSSR count). The van der Waals surface area contributed by atoms with Crippen LogP contribution in [0.1, 0.15) is 32.8 Å². The number of aliphatic carboxylic acids is 1. The molecule has 1 aromatic carbocycles. The number of carboxylic acids is 1. The summed E-state index contributed by atoms with van der Waals surface area (Å²) in [5, 5.41) is 25.8. The average molecular weight is 437 g/mol. The van der Waals surface area contributed by atoms with Gasteiger partial charge in [-0.05, 0) is 24.8 Å². The predicted molar refractivity (Wildman–Crippen MR) is 114 cm³/mol. The Morgan fingerprint density at radius 3 is 1.97 bits per heavy atom. The van der Waals surface area contributed by atoms with Gasteiger partial charge >= 0.3 is 5.97 Å². The quantitative estimate of drug-likeness (QED) is 0.248. The SMILES string of the molecule is CC(C)CC(N)C(=O)NC(CO)C(=O)NC(Cc1ccccc1)C(=O)NC(C)C(=O)O. The minimum absolute atomic E-state index is 0.0870. The number of aliphatic hydroxyl groups is 1. The molecule has 0 aromatic heterocycles. The van der Waals surface area contributed by atoms with Crippen LogP contribution in [0.25, 0.3) is 0 Å². The zero-order valence-electron chi connectivity index (χ0n) is 18.0. The van der Waals surface area contributed by atoms with Crippen LogP contribution >= 0.6 is 0 Å². The number of nitrogens with one attached hydrogen (secondary N) is 3. The third kappa shape index (κ3) is 9.14. The summed E-state index contributed by atoms with van der Waals surface area (Å²) in [4.78, 5) is 48.5. The normalized spacial score (nSPS) is 14.8. The van der Waals surface area contributed by atoms with E-state index in [1.54, 1.807) is 30.3 Å². The van der Waals surface area contributed by atoms with Crippen LogP contribution in [0.4, 0.5) is 0 Å². The van der Waals surface area contributed by atoms with Crippen molar-refractivity contribution in [3.8, 4) is 0 Å². The summed E-state index contributed by atoms with van der Waals surface area (Å²) >= 11 is 0. The highest BCUT2D eigenvalue weighted by Crippen LogP contribution is 2.06. The van der Waals surface area contributed by atoms with E-state index in [9.17, 15) is 24.3 Å². The van der Waals surface area contributed by atoms with Crippen LogP contribution in [-0.4, -0.2) is 64.7 Å². The summed E-state index contributed by atoms with van der Waals surface area (Å²) in [5.41, 5.74) is 6.54. The molecule has 0 heterocycles. The van der Waals surface area contributed by atoms with Crippen molar-refractivity contribution in [2.24, 2.45) is 11.7 Å². The Morgan fingerprint density at radius 1 is 0.903 bits per heavy atom. The van der Waals surface area contributed by atoms with Gasteiger partial charge in [0.15, 0.2) is 0 Å². The van der Waals surface area contributed by atoms with Crippen molar-refractivity contribution in [1.82, 2.24) is 16.0 Å². The highest BCUT2D eigenvalue weighted by molar-refractivity contribution is 5.94. The molecule has 0 radical (unpaired) electrons. The van der Waals surface area contributed by atoms with Crippen LogP contribution in [0.2, 0.25) is 0 Å². The summed E-state index contributed by atoms with van der Waals surface area (Å²) in [6, 6.07) is 4.39. The van der Waals surface area contributed by atoms with Gasteiger partial charge in [0, 0.05) is 6.42 Å². The van der Waals surface area contributed by atoms with Crippen molar-refractivity contribution in [2.75, 3.05) is 6.61 Å². The Hall–Kier alpha value is -2.98. The number of nitrogens with two attached hydrogens (primary N) is 1. The van der Waals surface area contributed by atoms with E-state index in [1.165, 1.54) is 6.92 Å². The second-order valence-corrected chi connectivity index (χ2v) is 7.80. The molecule has 0 fully saturated rings. The molecule has 172 valence electrons. The van der Waals surface area contributed by atoms with E-state index < -0.39 is 54.5 Å². The molecule has 1 aromatic rings. The Bertz CT molecular complexity index is 755. The first-order valence-corrected chi connectivity index (χ1v) is 10.1. The molecule has 0 saturated heterocycles. The highest BCUT2D eigenvalue weighted by atomic mass is 16.4. The van der Waals surface area contributed by atoms with E-state index in [1.807, 2.05) is 13.8 Å². The van der Waals surface area contributed by atoms with Crippen molar-refractivity contribution in [2.45, 2.75) is 57.8 Å². The van der Waals surface area contributed by atoms with Gasteiger partial charge in [-0.3, -0.25) is 19.2 Å². The maximum absolute atomic E-state index is 12.7. The molecule has 10 nitrogen and oxygen atoms in total. The van der Waals surface area contributed by atoms with Crippen LogP contribution in [-0.2, 0) is 25.6 Å². The molecule has 7 N–H and O–H groups in total. The maximum Gasteiger partial charge on any atom is 0.325 e. The van der Waals surface area contributed by atoms with Crippen molar-refractivity contribution >= 4 is 23.7 Å². The number of carbonyl (C=O) groups is 4. The first-order valence-electron chi connectivity index (χ1n) is 10.1. The van der Waals surface area contributed by atoms with Gasteiger partial charge < -0.3 is 31.9 Å². The van der Waals surface area contributed by atoms with Crippen LogP contribution in [0.3, 0.4) is 0 Å². The van der Waals surface area contributed by atoms with Gasteiger partial charge in [-0.1, -0.05) is 44.2 Å². The molecule has 4 atom stereocenters. The highest BCUT2D eigenvalue weighted by Gasteiger charge is 2.29. The summed E-state index contributed by atoms with van der Waals surface area (Å²) in [5.74, 6) is -3.14. The Labute approximate surface area is 181 Å². The standard InChI is InChI=1S/C21H32N4O6/c1-12(2)9-15(22)18(27)25-17(11-26)20(29)24-16(10-14-7-5-4-6-8-14)19(28)23-13(3)21(30)31/h4-8,12-13,15-17,26H,9-11,22H2,1-3H3,(H,23,28)(H,24,29)(H,25,27)(H,30,31). The molecular formula is C21H32N4O6. The first-order chi connectivity index (χ1) is 14.5. The number of rotatable bonds is 12. The summed E-state index contributed by atoms with van der Waals surface area (Å²) in [7, 11) is 0. The smallest absolute Gasteiger partial charge is 0.325 e. The third-order valence-corrected chi connectivity index (χ3v) is 4.52. The van der Waals surface area contributed by atoms with E-state index in [0.717, 1.165) is 5.56 Å². The van der Waals surface area contributed by atoms with Gasteiger partial charge in [0.25, 0.3) is 0 Å². The number of benzene rings is 1. The molecule has 0 aliphatic rings. The van der Waals surface area contributed by atoms with E-state index in [-0.39, 0.29) is 12.3 Å². The molecular weight excluding hydrogens is 404 g/mol. The fraction of sp³-hybridized carbons (Fsp3) is 0.524. The van der Waals surface area contributed by atoms with Crippen molar-refractivity contribution < 1.29 is 29.4 Å². The zero-order chi connectivity index (χ0) is 23.6. The van der Waals surface area contributed by atoms with Crippen LogP contribution < -0.4 is 21.7 Å². The average Bonchev–Trinajstić information content (AvgIpc) is 2.71. The lowest BCUT2D eigenvalue weighted by molar-refractivity contribution is -0.141. The first kappa shape index (κ1) is 26.1. The second kappa shape index (κ2) is 12.7. The molecule has 3 amide bonds. The zero-order valence-corrected chi connectivity index (χ0v) is 18.0. The fourth-order valence-electron chi connectivity index (χ4n) is 2.79. The lowest BCUT2D eigenvalue weighted by atomic mass is 10.0. The number of amides is 3. The third-order valence-electron chi connectivity index (χ3n) is 4.52. The molecule has 0 saturated carbocycles. The number of aliphatic hydroxyl groups excluding tert-OH is 1.